The Morgan fingerprint density at radius 1 is 1.29 bits per heavy atom. The average molecular weight is 281 g/mol. The molecule has 0 unspecified atom stereocenters. The first-order valence-electron chi connectivity index (χ1n) is 6.60. The Morgan fingerprint density at radius 2 is 2.19 bits per heavy atom. The maximum Gasteiger partial charge on any atom is 0.251 e. The number of methoxy groups -OCH3 is 1. The van der Waals surface area contributed by atoms with Gasteiger partial charge in [-0.15, -0.1) is 0 Å². The molecule has 0 saturated carbocycles. The van der Waals surface area contributed by atoms with Gasteiger partial charge in [0.25, 0.3) is 5.91 Å². The third kappa shape index (κ3) is 2.86. The highest BCUT2D eigenvalue weighted by Gasteiger charge is 2.07. The zero-order valence-corrected chi connectivity index (χ0v) is 11.6. The first kappa shape index (κ1) is 13.2. The van der Waals surface area contributed by atoms with Crippen molar-refractivity contribution in [3.05, 3.63) is 59.9 Å². The number of ether oxygens (including phenoxy) is 1. The fraction of sp³-hybridized carbons (Fsp3) is 0.125. The van der Waals surface area contributed by atoms with Crippen LogP contribution >= 0.6 is 0 Å². The lowest BCUT2D eigenvalue weighted by molar-refractivity contribution is 0.0951. The summed E-state index contributed by atoms with van der Waals surface area (Å²) in [6.45, 7) is 0.429. The molecule has 0 saturated heterocycles. The van der Waals surface area contributed by atoms with Gasteiger partial charge < -0.3 is 15.0 Å². The van der Waals surface area contributed by atoms with Gasteiger partial charge in [-0.25, -0.2) is 4.98 Å². The van der Waals surface area contributed by atoms with Crippen molar-refractivity contribution in [1.29, 1.82) is 0 Å². The summed E-state index contributed by atoms with van der Waals surface area (Å²) in [5.74, 6) is 0.449. The van der Waals surface area contributed by atoms with Crippen molar-refractivity contribution >= 4 is 16.8 Å². The second kappa shape index (κ2) is 5.66. The molecule has 0 spiro atoms. The third-order valence-corrected chi connectivity index (χ3v) is 3.28. The van der Waals surface area contributed by atoms with E-state index in [4.69, 9.17) is 4.74 Å². The normalized spacial score (nSPS) is 10.5. The lowest BCUT2D eigenvalue weighted by Gasteiger charge is -2.06. The van der Waals surface area contributed by atoms with Crippen LogP contribution in [0.3, 0.4) is 0 Å². The molecule has 5 heteroatoms. The van der Waals surface area contributed by atoms with Crippen molar-refractivity contribution in [3.63, 3.8) is 0 Å². The topological polar surface area (TPSA) is 67.0 Å². The van der Waals surface area contributed by atoms with Gasteiger partial charge in [0.1, 0.15) is 0 Å². The molecule has 3 aromatic rings. The number of hydrogen-bond acceptors (Lipinski definition) is 3. The summed E-state index contributed by atoms with van der Waals surface area (Å²) in [4.78, 5) is 19.3. The lowest BCUT2D eigenvalue weighted by Crippen LogP contribution is -2.22. The molecule has 106 valence electrons. The number of rotatable bonds is 4. The molecule has 21 heavy (non-hydrogen) atoms. The van der Waals surface area contributed by atoms with Crippen molar-refractivity contribution in [2.75, 3.05) is 7.11 Å². The minimum absolute atomic E-state index is 0.109. The quantitative estimate of drug-likeness (QED) is 0.772. The van der Waals surface area contributed by atoms with Crippen LogP contribution < -0.4 is 10.1 Å². The molecule has 2 aromatic heterocycles. The number of nitrogens with one attached hydrogen (secondary N) is 2. The zero-order valence-electron chi connectivity index (χ0n) is 11.6. The van der Waals surface area contributed by atoms with Crippen molar-refractivity contribution in [2.24, 2.45) is 0 Å². The van der Waals surface area contributed by atoms with Crippen LogP contribution in [-0.2, 0) is 6.54 Å². The predicted octanol–water partition coefficient (Wildman–Crippen LogP) is 2.50. The van der Waals surface area contributed by atoms with Gasteiger partial charge in [-0.05, 0) is 29.1 Å². The van der Waals surface area contributed by atoms with Crippen LogP contribution in [0, 0.1) is 0 Å². The SMILES string of the molecule is COc1ccc(CNC(=O)c2ccc3cc[nH]c3c2)cn1. The highest BCUT2D eigenvalue weighted by Crippen LogP contribution is 2.14. The molecule has 1 aromatic carbocycles. The van der Waals surface area contributed by atoms with Gasteiger partial charge >= 0.3 is 0 Å². The number of carbonyl (C=O) groups is 1. The van der Waals surface area contributed by atoms with Crippen molar-refractivity contribution in [2.45, 2.75) is 6.54 Å². The van der Waals surface area contributed by atoms with Crippen LogP contribution in [-0.4, -0.2) is 23.0 Å². The lowest BCUT2D eigenvalue weighted by atomic mass is 10.1. The van der Waals surface area contributed by atoms with Gasteiger partial charge in [0.2, 0.25) is 5.88 Å². The number of hydrogen-bond donors (Lipinski definition) is 2. The van der Waals surface area contributed by atoms with Crippen LogP contribution in [0.15, 0.2) is 48.8 Å². The molecule has 2 N–H and O–H groups in total. The summed E-state index contributed by atoms with van der Waals surface area (Å²) in [6.07, 6.45) is 3.54. The third-order valence-electron chi connectivity index (χ3n) is 3.28. The summed E-state index contributed by atoms with van der Waals surface area (Å²) in [5.41, 5.74) is 2.50. The second-order valence-corrected chi connectivity index (χ2v) is 4.67. The largest absolute Gasteiger partial charge is 0.481 e. The summed E-state index contributed by atoms with van der Waals surface area (Å²) in [7, 11) is 1.57. The van der Waals surface area contributed by atoms with Crippen molar-refractivity contribution in [3.8, 4) is 5.88 Å². The smallest absolute Gasteiger partial charge is 0.251 e. The predicted molar refractivity (Wildman–Crippen MR) is 80.3 cm³/mol. The van der Waals surface area contributed by atoms with Gasteiger partial charge in [0, 0.05) is 36.1 Å². The standard InChI is InChI=1S/C16H15N3O2/c1-21-15-5-2-11(9-18-15)10-19-16(20)13-4-3-12-6-7-17-14(12)8-13/h2-9,17H,10H2,1H3,(H,19,20). The van der Waals surface area contributed by atoms with Gasteiger partial charge in [-0.1, -0.05) is 12.1 Å². The molecule has 0 radical (unpaired) electrons. The summed E-state index contributed by atoms with van der Waals surface area (Å²) < 4.78 is 5.00. The Kier molecular flexibility index (Phi) is 3.55. The first-order chi connectivity index (χ1) is 10.3. The van der Waals surface area contributed by atoms with E-state index in [0.717, 1.165) is 16.5 Å². The number of aromatic amines is 1. The fourth-order valence-corrected chi connectivity index (χ4v) is 2.11. The highest BCUT2D eigenvalue weighted by atomic mass is 16.5. The number of pyridine rings is 1. The van der Waals surface area contributed by atoms with Gasteiger partial charge in [-0.3, -0.25) is 4.79 Å². The van der Waals surface area contributed by atoms with Crippen LogP contribution in [0.1, 0.15) is 15.9 Å². The molecule has 0 aliphatic carbocycles. The van der Waals surface area contributed by atoms with E-state index in [1.54, 1.807) is 19.4 Å². The summed E-state index contributed by atoms with van der Waals surface area (Å²) in [6, 6.07) is 11.2. The van der Waals surface area contributed by atoms with E-state index in [1.807, 2.05) is 36.5 Å². The maximum absolute atomic E-state index is 12.1. The van der Waals surface area contributed by atoms with E-state index in [2.05, 4.69) is 15.3 Å². The molecule has 5 nitrogen and oxygen atoms in total. The Hall–Kier alpha value is -2.82. The molecule has 0 bridgehead atoms. The molecule has 0 aliphatic rings. The van der Waals surface area contributed by atoms with Gasteiger partial charge in [0.15, 0.2) is 0 Å². The van der Waals surface area contributed by atoms with Gasteiger partial charge in [0.05, 0.1) is 7.11 Å². The van der Waals surface area contributed by atoms with E-state index in [0.29, 0.717) is 18.0 Å². The number of benzene rings is 1. The number of carbonyl (C=O) groups excluding carboxylic acids is 1. The molecule has 3 rings (SSSR count). The van der Waals surface area contributed by atoms with E-state index in [9.17, 15) is 4.79 Å². The van der Waals surface area contributed by atoms with E-state index in [1.165, 1.54) is 0 Å². The van der Waals surface area contributed by atoms with Crippen LogP contribution in [0.5, 0.6) is 5.88 Å². The Bertz CT molecular complexity index is 763. The van der Waals surface area contributed by atoms with Crippen molar-refractivity contribution < 1.29 is 9.53 Å². The number of nitrogens with zero attached hydrogens (tertiary/aromatic N) is 1. The molecule has 2 heterocycles. The number of H-pyrrole nitrogens is 1. The highest BCUT2D eigenvalue weighted by molar-refractivity contribution is 5.97. The Balaban J connectivity index is 1.67. The number of fused-ring (bicyclic) bond motifs is 1. The second-order valence-electron chi connectivity index (χ2n) is 4.67. The van der Waals surface area contributed by atoms with E-state index < -0.39 is 0 Å². The van der Waals surface area contributed by atoms with Crippen LogP contribution in [0.2, 0.25) is 0 Å². The molecule has 0 atom stereocenters. The maximum atomic E-state index is 12.1. The summed E-state index contributed by atoms with van der Waals surface area (Å²) >= 11 is 0. The van der Waals surface area contributed by atoms with Crippen LogP contribution in [0.4, 0.5) is 0 Å². The van der Waals surface area contributed by atoms with E-state index in [-0.39, 0.29) is 5.91 Å². The number of amides is 1. The molecule has 0 aliphatic heterocycles. The minimum Gasteiger partial charge on any atom is -0.481 e. The fourth-order valence-electron chi connectivity index (χ4n) is 2.11. The number of aromatic nitrogens is 2. The Morgan fingerprint density at radius 3 is 2.95 bits per heavy atom. The zero-order chi connectivity index (χ0) is 14.7. The Labute approximate surface area is 122 Å². The minimum atomic E-state index is -0.109. The van der Waals surface area contributed by atoms with Crippen molar-refractivity contribution in [1.82, 2.24) is 15.3 Å². The average Bonchev–Trinajstić information content (AvgIpc) is 3.00. The monoisotopic (exact) mass is 281 g/mol. The molecular weight excluding hydrogens is 266 g/mol. The molecule has 1 amide bonds. The summed E-state index contributed by atoms with van der Waals surface area (Å²) in [5, 5.41) is 3.96. The molecule has 0 fully saturated rings. The van der Waals surface area contributed by atoms with Crippen LogP contribution in [0.25, 0.3) is 10.9 Å². The van der Waals surface area contributed by atoms with Gasteiger partial charge in [-0.2, -0.15) is 0 Å². The first-order valence-corrected chi connectivity index (χ1v) is 6.60. The molecular formula is C16H15N3O2. The van der Waals surface area contributed by atoms with E-state index >= 15 is 0 Å².